The highest BCUT2D eigenvalue weighted by Gasteiger charge is 2.41. The summed E-state index contributed by atoms with van der Waals surface area (Å²) in [4.78, 5) is 157. The molecule has 0 saturated carbocycles. The monoisotopic (exact) mass is 1060 g/mol. The second-order valence-electron chi connectivity index (χ2n) is 15.9. The molecular weight excluding hydrogens is 1010 g/mol. The summed E-state index contributed by atoms with van der Waals surface area (Å²) in [6.07, 6.45) is -4.15. The number of hydrogen-bond donors (Lipinski definition) is 13. The molecule has 2 aliphatic heterocycles. The number of rotatable bonds is 12. The fraction of sp³-hybridized carbons (Fsp3) is 0.439. The third-order valence-electron chi connectivity index (χ3n) is 10.6. The van der Waals surface area contributed by atoms with Gasteiger partial charge in [-0.2, -0.15) is 0 Å². The van der Waals surface area contributed by atoms with E-state index in [1.54, 1.807) is 0 Å². The molecule has 4 rings (SSSR count). The SMILES string of the molecule is COc1ccc(NC(=O)N[C@@H]2CSSC[C@H](C(N)=O)NC(=O)[C@H](CC(N)=O)NC(=O)[C@@H]3C[C@@H](O)CN3C(=O)CNC(=O)[C@H](Cc3ccc(O)c([N+](=O)[O-])c3)NC(=O)CNC(=O)[C@@H](CC(=O)O)NC2=O)cc1OC. The van der Waals surface area contributed by atoms with Crippen molar-refractivity contribution in [2.24, 2.45) is 11.5 Å². The highest BCUT2D eigenvalue weighted by atomic mass is 33.1. The number of amides is 11. The van der Waals surface area contributed by atoms with Crippen molar-refractivity contribution in [2.45, 2.75) is 68.0 Å². The number of aromatic hydroxyl groups is 1. The Morgan fingerprint density at radius 3 is 2.10 bits per heavy atom. The lowest BCUT2D eigenvalue weighted by Gasteiger charge is -2.27. The lowest BCUT2D eigenvalue weighted by Crippen LogP contribution is -2.58. The number of benzene rings is 2. The van der Waals surface area contributed by atoms with Crippen LogP contribution in [0.25, 0.3) is 0 Å². The van der Waals surface area contributed by atoms with Gasteiger partial charge in [-0.25, -0.2) is 4.79 Å². The van der Waals surface area contributed by atoms with Crippen LogP contribution in [0.4, 0.5) is 16.2 Å². The van der Waals surface area contributed by atoms with Gasteiger partial charge in [0.05, 0.1) is 51.2 Å². The van der Waals surface area contributed by atoms with E-state index >= 15 is 0 Å². The van der Waals surface area contributed by atoms with E-state index < -0.39 is 175 Å². The van der Waals surface area contributed by atoms with Crippen LogP contribution in [0.15, 0.2) is 36.4 Å². The molecule has 73 heavy (non-hydrogen) atoms. The minimum Gasteiger partial charge on any atom is -0.502 e. The van der Waals surface area contributed by atoms with Gasteiger partial charge < -0.3 is 83.7 Å². The molecule has 2 aromatic rings. The molecule has 2 aromatic carbocycles. The first-order valence-corrected chi connectivity index (χ1v) is 24.0. The number of phenolic OH excluding ortho intramolecular Hbond substituents is 1. The summed E-state index contributed by atoms with van der Waals surface area (Å²) in [5, 5.41) is 60.1. The molecule has 0 radical (unpaired) electrons. The Morgan fingerprint density at radius 1 is 0.808 bits per heavy atom. The highest BCUT2D eigenvalue weighted by Crippen LogP contribution is 2.30. The molecule has 2 aliphatic rings. The molecule has 11 amide bonds. The summed E-state index contributed by atoms with van der Waals surface area (Å²) in [6.45, 7) is -2.35. The Bertz CT molecular complexity index is 2490. The van der Waals surface area contributed by atoms with Crippen molar-refractivity contribution in [3.05, 3.63) is 52.1 Å². The van der Waals surface area contributed by atoms with E-state index in [0.29, 0.717) is 5.75 Å². The number of methoxy groups -OCH3 is 2. The number of primary amides is 2. The van der Waals surface area contributed by atoms with E-state index in [9.17, 15) is 78.2 Å². The second-order valence-corrected chi connectivity index (χ2v) is 18.5. The smallest absolute Gasteiger partial charge is 0.319 e. The zero-order chi connectivity index (χ0) is 54.1. The van der Waals surface area contributed by atoms with E-state index in [4.69, 9.17) is 20.9 Å². The Labute approximate surface area is 421 Å². The zero-order valence-electron chi connectivity index (χ0n) is 38.7. The lowest BCUT2D eigenvalue weighted by molar-refractivity contribution is -0.385. The molecule has 2 fully saturated rings. The van der Waals surface area contributed by atoms with Gasteiger partial charge in [-0.1, -0.05) is 27.7 Å². The minimum atomic E-state index is -1.92. The number of ether oxygens (including phenoxy) is 2. The maximum atomic E-state index is 13.9. The molecule has 396 valence electrons. The molecule has 0 aliphatic carbocycles. The molecule has 30 nitrogen and oxygen atoms in total. The number of hydrogen-bond acceptors (Lipinski definition) is 19. The van der Waals surface area contributed by atoms with Crippen molar-refractivity contribution in [2.75, 3.05) is 50.7 Å². The van der Waals surface area contributed by atoms with Gasteiger partial charge >= 0.3 is 17.7 Å². The first-order valence-electron chi connectivity index (χ1n) is 21.5. The standard InChI is InChI=1S/C41H52N12O18S2/c1-70-29-6-4-19(9-30(29)71-2)46-41(67)51-25-17-73-72-16-24(35(43)61)50-38(64)22(11-31(42)56)49-40(66)27-10-20(54)15-52(27)33(58)14-45-36(62)21(7-18-3-5-28(55)26(8-18)53(68)69)47-32(57)13-44-37(63)23(12-34(59)60)48-39(25)65/h3-6,8-9,20-25,27,54-55H,7,10-17H2,1-2H3,(H2,42,56)(H2,43,61)(H,44,63)(H,45,62)(H,47,57)(H,48,65)(H,49,66)(H,50,64)(H,59,60)(H2,46,51,67)/t20-,21+,22+,23-,24-,25-,27+/m1/s1. The topological polar surface area (TPSA) is 462 Å². The van der Waals surface area contributed by atoms with E-state index in [-0.39, 0.29) is 22.8 Å². The molecule has 2 heterocycles. The average molecular weight is 1070 g/mol. The van der Waals surface area contributed by atoms with Crippen molar-refractivity contribution >= 4 is 98.1 Å². The van der Waals surface area contributed by atoms with Gasteiger partial charge in [0.1, 0.15) is 36.3 Å². The van der Waals surface area contributed by atoms with Crippen molar-refractivity contribution in [3.8, 4) is 17.2 Å². The molecular formula is C41H52N12O18S2. The fourth-order valence-electron chi connectivity index (χ4n) is 7.01. The van der Waals surface area contributed by atoms with Gasteiger partial charge in [0.2, 0.25) is 53.2 Å². The van der Waals surface area contributed by atoms with Crippen LogP contribution in [0.1, 0.15) is 24.8 Å². The third-order valence-corrected chi connectivity index (χ3v) is 13.0. The number of urea groups is 1. The number of fused-ring (bicyclic) bond motifs is 1. The average Bonchev–Trinajstić information content (AvgIpc) is 3.73. The van der Waals surface area contributed by atoms with Gasteiger partial charge in [-0.15, -0.1) is 0 Å². The zero-order valence-corrected chi connectivity index (χ0v) is 40.3. The molecule has 0 bridgehead atoms. The number of nitrogens with one attached hydrogen (secondary N) is 8. The van der Waals surface area contributed by atoms with E-state index in [0.717, 1.165) is 38.6 Å². The number of aliphatic hydroxyl groups is 1. The Morgan fingerprint density at radius 2 is 1.45 bits per heavy atom. The number of nitrogens with zero attached hydrogens (tertiary/aromatic N) is 2. The van der Waals surface area contributed by atoms with Crippen LogP contribution in [0, 0.1) is 10.1 Å². The molecule has 32 heteroatoms. The first-order chi connectivity index (χ1) is 34.5. The predicted molar refractivity (Wildman–Crippen MR) is 254 cm³/mol. The number of nitrogens with two attached hydrogens (primary N) is 2. The van der Waals surface area contributed by atoms with Gasteiger partial charge in [0, 0.05) is 48.7 Å². The Balaban J connectivity index is 1.69. The Kier molecular flexibility index (Phi) is 21.2. The van der Waals surface area contributed by atoms with Crippen LogP contribution in [0.3, 0.4) is 0 Å². The summed E-state index contributed by atoms with van der Waals surface area (Å²) in [6, 6.07) is -3.78. The summed E-state index contributed by atoms with van der Waals surface area (Å²) in [5.74, 6) is -12.6. The quantitative estimate of drug-likeness (QED) is 0.0540. The number of carboxylic acid groups (broad SMARTS) is 1. The normalized spacial score (nSPS) is 23.1. The number of phenols is 1. The largest absolute Gasteiger partial charge is 0.502 e. The number of anilines is 1. The summed E-state index contributed by atoms with van der Waals surface area (Å²) >= 11 is 0. The first kappa shape index (κ1) is 57.4. The molecule has 0 aromatic heterocycles. The third kappa shape index (κ3) is 17.3. The lowest BCUT2D eigenvalue weighted by atomic mass is 10.0. The van der Waals surface area contributed by atoms with Crippen LogP contribution in [-0.2, 0) is 54.4 Å². The number of carboxylic acids is 1. The maximum Gasteiger partial charge on any atom is 0.319 e. The molecule has 0 spiro atoms. The number of nitro groups is 1. The fourth-order valence-corrected chi connectivity index (χ4v) is 9.35. The van der Waals surface area contributed by atoms with Gasteiger partial charge in [-0.3, -0.25) is 58.1 Å². The molecule has 15 N–H and O–H groups in total. The number of carbonyl (C=O) groups excluding carboxylic acids is 10. The molecule has 2 saturated heterocycles. The summed E-state index contributed by atoms with van der Waals surface area (Å²) in [7, 11) is 4.36. The van der Waals surface area contributed by atoms with Gasteiger partial charge in [0.25, 0.3) is 0 Å². The molecule has 0 unspecified atom stereocenters. The summed E-state index contributed by atoms with van der Waals surface area (Å²) in [5.41, 5.74) is 10.3. The highest BCUT2D eigenvalue weighted by molar-refractivity contribution is 8.76. The van der Waals surface area contributed by atoms with E-state index in [1.165, 1.54) is 38.5 Å². The van der Waals surface area contributed by atoms with Gasteiger partial charge in [-0.05, 0) is 23.8 Å². The van der Waals surface area contributed by atoms with Crippen LogP contribution in [-0.4, -0.2) is 178 Å². The Hall–Kier alpha value is -8.13. The second kappa shape index (κ2) is 26.9. The van der Waals surface area contributed by atoms with Gasteiger partial charge in [0.15, 0.2) is 17.2 Å². The van der Waals surface area contributed by atoms with E-state index in [1.807, 2.05) is 0 Å². The predicted octanol–water partition coefficient (Wildman–Crippen LogP) is -4.59. The number of aliphatic carboxylic acids is 1. The van der Waals surface area contributed by atoms with Crippen molar-refractivity contribution in [1.82, 2.24) is 42.1 Å². The molecule has 7 atom stereocenters. The van der Waals surface area contributed by atoms with Crippen LogP contribution in [0.2, 0.25) is 0 Å². The summed E-state index contributed by atoms with van der Waals surface area (Å²) < 4.78 is 10.4. The minimum absolute atomic E-state index is 0.00237. The number of aliphatic hydroxyl groups excluding tert-OH is 1. The van der Waals surface area contributed by atoms with Crippen molar-refractivity contribution in [1.29, 1.82) is 0 Å². The maximum absolute atomic E-state index is 13.9. The van der Waals surface area contributed by atoms with Crippen LogP contribution < -0.4 is 63.5 Å². The van der Waals surface area contributed by atoms with Crippen molar-refractivity contribution < 1.29 is 82.5 Å². The van der Waals surface area contributed by atoms with Crippen LogP contribution in [0.5, 0.6) is 17.2 Å². The van der Waals surface area contributed by atoms with Crippen LogP contribution >= 0.6 is 21.6 Å². The number of nitro benzene ring substituents is 1. The van der Waals surface area contributed by atoms with Crippen molar-refractivity contribution in [3.63, 3.8) is 0 Å². The van der Waals surface area contributed by atoms with E-state index in [2.05, 4.69) is 42.5 Å². The number of carbonyl (C=O) groups is 11.